The molecule has 120 valence electrons. The summed E-state index contributed by atoms with van der Waals surface area (Å²) in [6, 6.07) is 16.2. The number of hydrogen-bond donors (Lipinski definition) is 2. The van der Waals surface area contributed by atoms with Crippen LogP contribution < -0.4 is 10.2 Å². The highest BCUT2D eigenvalue weighted by atomic mass is 16.3. The number of carbonyl (C=O) groups is 1. The van der Waals surface area contributed by atoms with Crippen molar-refractivity contribution >= 4 is 17.3 Å². The summed E-state index contributed by atoms with van der Waals surface area (Å²) in [4.78, 5) is 14.3. The van der Waals surface area contributed by atoms with Crippen LogP contribution in [0.5, 0.6) is 5.75 Å². The van der Waals surface area contributed by atoms with Crippen LogP contribution in [0.15, 0.2) is 60.3 Å². The number of nitrogens with zero attached hydrogens (tertiary/aromatic N) is 2. The summed E-state index contributed by atoms with van der Waals surface area (Å²) < 4.78 is 0. The van der Waals surface area contributed by atoms with Crippen LogP contribution in [0.1, 0.15) is 12.0 Å². The number of fused-ring (bicyclic) bond motifs is 1. The molecular weight excluding hydrogens is 302 g/mol. The molecule has 1 aliphatic heterocycles. The van der Waals surface area contributed by atoms with E-state index in [2.05, 4.69) is 11.4 Å². The quantitative estimate of drug-likeness (QED) is 0.673. The molecule has 3 rings (SSSR count). The zero-order valence-electron chi connectivity index (χ0n) is 13.1. The average molecular weight is 319 g/mol. The molecule has 0 aromatic heterocycles. The molecule has 0 spiro atoms. The minimum absolute atomic E-state index is 0.0232. The van der Waals surface area contributed by atoms with Crippen molar-refractivity contribution < 1.29 is 9.90 Å². The normalized spacial score (nSPS) is 13.8. The number of hydrogen-bond acceptors (Lipinski definition) is 4. The largest absolute Gasteiger partial charge is 0.508 e. The van der Waals surface area contributed by atoms with E-state index in [0.717, 1.165) is 25.1 Å². The second kappa shape index (κ2) is 6.88. The van der Waals surface area contributed by atoms with Crippen LogP contribution in [-0.2, 0) is 11.2 Å². The minimum Gasteiger partial charge on any atom is -0.508 e. The minimum atomic E-state index is -0.494. The highest BCUT2D eigenvalue weighted by molar-refractivity contribution is 6.06. The zero-order valence-corrected chi connectivity index (χ0v) is 13.1. The first-order valence-corrected chi connectivity index (χ1v) is 7.74. The number of rotatable bonds is 3. The summed E-state index contributed by atoms with van der Waals surface area (Å²) in [6.45, 7) is 0.765. The Kier molecular flexibility index (Phi) is 4.48. The Morgan fingerprint density at radius 2 is 2.08 bits per heavy atom. The van der Waals surface area contributed by atoms with E-state index in [9.17, 15) is 15.2 Å². The predicted octanol–water partition coefficient (Wildman–Crippen LogP) is 3.19. The van der Waals surface area contributed by atoms with Crippen molar-refractivity contribution in [2.75, 3.05) is 16.8 Å². The van der Waals surface area contributed by atoms with Crippen molar-refractivity contribution in [1.29, 1.82) is 5.26 Å². The molecule has 24 heavy (non-hydrogen) atoms. The van der Waals surface area contributed by atoms with E-state index in [0.29, 0.717) is 5.69 Å². The van der Waals surface area contributed by atoms with Gasteiger partial charge in [0.15, 0.2) is 0 Å². The van der Waals surface area contributed by atoms with Crippen molar-refractivity contribution in [2.24, 2.45) is 0 Å². The molecular formula is C19H17N3O2. The molecule has 0 atom stereocenters. The van der Waals surface area contributed by atoms with Gasteiger partial charge in [-0.25, -0.2) is 0 Å². The van der Waals surface area contributed by atoms with Crippen LogP contribution in [0, 0.1) is 11.3 Å². The van der Waals surface area contributed by atoms with Crippen molar-refractivity contribution in [2.45, 2.75) is 12.8 Å². The molecule has 1 amide bonds. The summed E-state index contributed by atoms with van der Waals surface area (Å²) in [7, 11) is 0. The van der Waals surface area contributed by atoms with Gasteiger partial charge in [0.1, 0.15) is 17.4 Å². The van der Waals surface area contributed by atoms with Crippen LogP contribution in [-0.4, -0.2) is 17.6 Å². The molecule has 5 nitrogen and oxygen atoms in total. The standard InChI is InChI=1S/C19H17N3O2/c20-12-15(19(24)21-16-7-3-8-17(23)11-16)13-22-10-4-6-14-5-1-2-9-18(14)22/h1-3,5,7-9,11,13,23H,4,6,10H2,(H,21,24)/b15-13-. The summed E-state index contributed by atoms with van der Waals surface area (Å²) >= 11 is 0. The van der Waals surface area contributed by atoms with Crippen LogP contribution in [0.4, 0.5) is 11.4 Å². The third-order valence-corrected chi connectivity index (χ3v) is 3.90. The summed E-state index contributed by atoms with van der Waals surface area (Å²) in [6.07, 6.45) is 3.56. The number of aromatic hydroxyl groups is 1. The molecule has 0 unspecified atom stereocenters. The highest BCUT2D eigenvalue weighted by Crippen LogP contribution is 2.27. The lowest BCUT2D eigenvalue weighted by Gasteiger charge is -2.28. The van der Waals surface area contributed by atoms with Gasteiger partial charge >= 0.3 is 0 Å². The maximum atomic E-state index is 12.3. The van der Waals surface area contributed by atoms with E-state index in [1.54, 1.807) is 18.3 Å². The van der Waals surface area contributed by atoms with Gasteiger partial charge in [0.25, 0.3) is 5.91 Å². The molecule has 0 saturated carbocycles. The molecule has 2 aromatic rings. The Hall–Kier alpha value is -3.26. The Morgan fingerprint density at radius 1 is 1.25 bits per heavy atom. The second-order valence-electron chi connectivity index (χ2n) is 5.58. The van der Waals surface area contributed by atoms with Gasteiger partial charge in [-0.3, -0.25) is 4.79 Å². The first kappa shape index (κ1) is 15.6. The molecule has 1 heterocycles. The molecule has 0 fully saturated rings. The molecule has 2 N–H and O–H groups in total. The maximum Gasteiger partial charge on any atom is 0.267 e. The number of para-hydroxylation sites is 1. The number of aryl methyl sites for hydroxylation is 1. The van der Waals surface area contributed by atoms with Gasteiger partial charge in [0.2, 0.25) is 0 Å². The van der Waals surface area contributed by atoms with Gasteiger partial charge in [-0.2, -0.15) is 5.26 Å². The summed E-state index contributed by atoms with van der Waals surface area (Å²) in [5, 5.41) is 21.4. The lowest BCUT2D eigenvalue weighted by atomic mass is 10.0. The van der Waals surface area contributed by atoms with Crippen LogP contribution in [0.25, 0.3) is 0 Å². The van der Waals surface area contributed by atoms with Crippen LogP contribution in [0.3, 0.4) is 0 Å². The molecule has 0 aliphatic carbocycles. The SMILES string of the molecule is N#C/C(=C/N1CCCc2ccccc21)C(=O)Nc1cccc(O)c1. The second-order valence-corrected chi connectivity index (χ2v) is 5.58. The van der Waals surface area contributed by atoms with E-state index >= 15 is 0 Å². The van der Waals surface area contributed by atoms with Gasteiger partial charge in [-0.1, -0.05) is 24.3 Å². The fourth-order valence-electron chi connectivity index (χ4n) is 2.77. The van der Waals surface area contributed by atoms with E-state index in [1.807, 2.05) is 29.2 Å². The fraction of sp³-hybridized carbons (Fsp3) is 0.158. The van der Waals surface area contributed by atoms with Gasteiger partial charge in [-0.15, -0.1) is 0 Å². The van der Waals surface area contributed by atoms with E-state index in [4.69, 9.17) is 0 Å². The third-order valence-electron chi connectivity index (χ3n) is 3.90. The van der Waals surface area contributed by atoms with E-state index in [1.165, 1.54) is 17.7 Å². The van der Waals surface area contributed by atoms with Crippen LogP contribution in [0.2, 0.25) is 0 Å². The molecule has 1 aliphatic rings. The first-order chi connectivity index (χ1) is 11.7. The number of nitriles is 1. The van der Waals surface area contributed by atoms with Crippen LogP contribution >= 0.6 is 0 Å². The van der Waals surface area contributed by atoms with Gasteiger partial charge in [0, 0.05) is 30.2 Å². The van der Waals surface area contributed by atoms with E-state index < -0.39 is 5.91 Å². The number of amides is 1. The summed E-state index contributed by atoms with van der Waals surface area (Å²) in [5.41, 5.74) is 2.71. The number of phenolic OH excluding ortho intramolecular Hbond substituents is 1. The number of carbonyl (C=O) groups excluding carboxylic acids is 1. The zero-order chi connectivity index (χ0) is 16.9. The number of benzene rings is 2. The van der Waals surface area contributed by atoms with Crippen molar-refractivity contribution in [3.05, 3.63) is 65.9 Å². The summed E-state index contributed by atoms with van der Waals surface area (Å²) in [5.74, 6) is -0.439. The fourth-order valence-corrected chi connectivity index (χ4v) is 2.77. The van der Waals surface area contributed by atoms with Crippen molar-refractivity contribution in [3.8, 4) is 11.8 Å². The van der Waals surface area contributed by atoms with Gasteiger partial charge in [-0.05, 0) is 36.6 Å². The van der Waals surface area contributed by atoms with E-state index in [-0.39, 0.29) is 11.3 Å². The molecule has 0 radical (unpaired) electrons. The number of phenols is 1. The predicted molar refractivity (Wildman–Crippen MR) is 92.5 cm³/mol. The Morgan fingerprint density at radius 3 is 2.88 bits per heavy atom. The third kappa shape index (κ3) is 3.39. The Labute approximate surface area is 140 Å². The Balaban J connectivity index is 1.83. The lowest BCUT2D eigenvalue weighted by molar-refractivity contribution is -0.112. The average Bonchev–Trinajstić information content (AvgIpc) is 2.59. The maximum absolute atomic E-state index is 12.3. The smallest absolute Gasteiger partial charge is 0.267 e. The highest BCUT2D eigenvalue weighted by Gasteiger charge is 2.17. The monoisotopic (exact) mass is 319 g/mol. The molecule has 5 heteroatoms. The molecule has 0 saturated heterocycles. The van der Waals surface area contributed by atoms with Crippen molar-refractivity contribution in [3.63, 3.8) is 0 Å². The molecule has 0 bridgehead atoms. The first-order valence-electron chi connectivity index (χ1n) is 7.74. The van der Waals surface area contributed by atoms with Gasteiger partial charge < -0.3 is 15.3 Å². The number of nitrogens with one attached hydrogen (secondary N) is 1. The topological polar surface area (TPSA) is 76.4 Å². The Bertz CT molecular complexity index is 837. The lowest BCUT2D eigenvalue weighted by Crippen LogP contribution is -2.26. The number of anilines is 2. The van der Waals surface area contributed by atoms with Crippen molar-refractivity contribution in [1.82, 2.24) is 0 Å². The molecule has 2 aromatic carbocycles. The van der Waals surface area contributed by atoms with Gasteiger partial charge in [0.05, 0.1) is 0 Å².